The Hall–Kier alpha value is -2.05. The molecule has 0 spiro atoms. The monoisotopic (exact) mass is 283 g/mol. The minimum Gasteiger partial charge on any atom is -0.481 e. The fraction of sp³-hybridized carbons (Fsp3) is 0.615. The van der Waals surface area contributed by atoms with Gasteiger partial charge in [-0.2, -0.15) is 0 Å². The average Bonchev–Trinajstić information content (AvgIpc) is 2.89. The van der Waals surface area contributed by atoms with Gasteiger partial charge in [-0.3, -0.25) is 4.79 Å². The molecule has 0 saturated heterocycles. The standard InChI is InChI=1S/C13H21N3O4/c1-4-10-6-14-11(20-10)7-15-13(19)16(5-2)8-9(3)12(17)18/h6,9H,4-5,7-8H2,1-3H3,(H,15,19)(H,17,18). The third-order valence-electron chi connectivity index (χ3n) is 2.93. The van der Waals surface area contributed by atoms with Crippen LogP contribution >= 0.6 is 0 Å². The molecule has 0 aliphatic heterocycles. The molecule has 1 unspecified atom stereocenters. The predicted molar refractivity (Wildman–Crippen MR) is 72.2 cm³/mol. The molecule has 0 saturated carbocycles. The van der Waals surface area contributed by atoms with Crippen LogP contribution in [0.25, 0.3) is 0 Å². The maximum absolute atomic E-state index is 11.9. The second-order valence-corrected chi connectivity index (χ2v) is 4.51. The van der Waals surface area contributed by atoms with Gasteiger partial charge in [-0.25, -0.2) is 9.78 Å². The summed E-state index contributed by atoms with van der Waals surface area (Å²) >= 11 is 0. The molecule has 1 heterocycles. The number of amides is 2. The van der Waals surface area contributed by atoms with Crippen LogP contribution in [-0.4, -0.2) is 40.1 Å². The Morgan fingerprint density at radius 1 is 1.50 bits per heavy atom. The van der Waals surface area contributed by atoms with Gasteiger partial charge in [0.1, 0.15) is 5.76 Å². The van der Waals surface area contributed by atoms with Crippen molar-refractivity contribution in [2.24, 2.45) is 5.92 Å². The normalized spacial score (nSPS) is 11.9. The van der Waals surface area contributed by atoms with Crippen LogP contribution in [0, 0.1) is 5.92 Å². The first kappa shape index (κ1) is 16.0. The molecule has 0 fully saturated rings. The number of nitrogens with one attached hydrogen (secondary N) is 1. The Kier molecular flexibility index (Phi) is 6.02. The summed E-state index contributed by atoms with van der Waals surface area (Å²) in [6, 6.07) is -0.322. The number of carboxylic acids is 1. The minimum absolute atomic E-state index is 0.170. The van der Waals surface area contributed by atoms with Gasteiger partial charge in [-0.05, 0) is 6.92 Å². The van der Waals surface area contributed by atoms with Gasteiger partial charge in [0, 0.05) is 19.5 Å². The summed E-state index contributed by atoms with van der Waals surface area (Å²) < 4.78 is 5.38. The quantitative estimate of drug-likeness (QED) is 0.790. The van der Waals surface area contributed by atoms with Gasteiger partial charge in [0.05, 0.1) is 18.7 Å². The predicted octanol–water partition coefficient (Wildman–Crippen LogP) is 1.49. The molecule has 0 aliphatic rings. The van der Waals surface area contributed by atoms with E-state index in [1.807, 2.05) is 6.92 Å². The van der Waals surface area contributed by atoms with Crippen molar-refractivity contribution in [3.63, 3.8) is 0 Å². The van der Waals surface area contributed by atoms with Crippen LogP contribution in [0.2, 0.25) is 0 Å². The smallest absolute Gasteiger partial charge is 0.317 e. The number of nitrogens with zero attached hydrogens (tertiary/aromatic N) is 2. The Balaban J connectivity index is 2.48. The highest BCUT2D eigenvalue weighted by molar-refractivity contribution is 5.75. The van der Waals surface area contributed by atoms with E-state index in [2.05, 4.69) is 10.3 Å². The molecule has 112 valence electrons. The Morgan fingerprint density at radius 2 is 2.20 bits per heavy atom. The number of aryl methyl sites for hydroxylation is 1. The molecule has 0 radical (unpaired) electrons. The Bertz CT molecular complexity index is 458. The van der Waals surface area contributed by atoms with Crippen LogP contribution in [-0.2, 0) is 17.8 Å². The number of oxazole rings is 1. The number of urea groups is 1. The van der Waals surface area contributed by atoms with Crippen molar-refractivity contribution in [3.05, 3.63) is 17.8 Å². The van der Waals surface area contributed by atoms with Crippen molar-refractivity contribution in [2.45, 2.75) is 33.7 Å². The lowest BCUT2D eigenvalue weighted by atomic mass is 10.2. The summed E-state index contributed by atoms with van der Waals surface area (Å²) in [5, 5.41) is 11.5. The van der Waals surface area contributed by atoms with Gasteiger partial charge in [-0.1, -0.05) is 13.8 Å². The number of carbonyl (C=O) groups excluding carboxylic acids is 1. The lowest BCUT2D eigenvalue weighted by Gasteiger charge is -2.22. The van der Waals surface area contributed by atoms with Gasteiger partial charge >= 0.3 is 12.0 Å². The van der Waals surface area contributed by atoms with Crippen LogP contribution in [0.15, 0.2) is 10.6 Å². The van der Waals surface area contributed by atoms with E-state index >= 15 is 0 Å². The summed E-state index contributed by atoms with van der Waals surface area (Å²) in [6.07, 6.45) is 2.38. The molecule has 0 aliphatic carbocycles. The molecule has 0 bridgehead atoms. The number of hydrogen-bond donors (Lipinski definition) is 2. The lowest BCUT2D eigenvalue weighted by molar-refractivity contribution is -0.141. The van der Waals surface area contributed by atoms with Crippen molar-refractivity contribution in [2.75, 3.05) is 13.1 Å². The van der Waals surface area contributed by atoms with Crippen molar-refractivity contribution in [1.29, 1.82) is 0 Å². The first-order chi connectivity index (χ1) is 9.47. The van der Waals surface area contributed by atoms with E-state index < -0.39 is 11.9 Å². The van der Waals surface area contributed by atoms with Crippen molar-refractivity contribution in [3.8, 4) is 0 Å². The zero-order chi connectivity index (χ0) is 15.1. The highest BCUT2D eigenvalue weighted by atomic mass is 16.4. The Morgan fingerprint density at radius 3 is 2.70 bits per heavy atom. The molecule has 7 nitrogen and oxygen atoms in total. The molecule has 0 aromatic carbocycles. The second kappa shape index (κ2) is 7.52. The zero-order valence-electron chi connectivity index (χ0n) is 12.0. The molecule has 2 amide bonds. The van der Waals surface area contributed by atoms with E-state index in [-0.39, 0.29) is 19.1 Å². The van der Waals surface area contributed by atoms with Gasteiger partial charge in [0.15, 0.2) is 0 Å². The summed E-state index contributed by atoms with van der Waals surface area (Å²) in [6.45, 7) is 6.12. The molecule has 20 heavy (non-hydrogen) atoms. The fourth-order valence-electron chi connectivity index (χ4n) is 1.62. The lowest BCUT2D eigenvalue weighted by Crippen LogP contribution is -2.42. The SMILES string of the molecule is CCc1cnc(CNC(=O)N(CC)CC(C)C(=O)O)o1. The van der Waals surface area contributed by atoms with Crippen LogP contribution in [0.3, 0.4) is 0 Å². The average molecular weight is 283 g/mol. The number of aliphatic carboxylic acids is 1. The summed E-state index contributed by atoms with van der Waals surface area (Å²) in [5.74, 6) is -0.315. The highest BCUT2D eigenvalue weighted by Crippen LogP contribution is 2.05. The fourth-order valence-corrected chi connectivity index (χ4v) is 1.62. The maximum atomic E-state index is 11.9. The summed E-state index contributed by atoms with van der Waals surface area (Å²) in [7, 11) is 0. The van der Waals surface area contributed by atoms with E-state index in [4.69, 9.17) is 9.52 Å². The molecule has 1 rings (SSSR count). The van der Waals surface area contributed by atoms with Crippen molar-refractivity contribution >= 4 is 12.0 Å². The van der Waals surface area contributed by atoms with Crippen LogP contribution in [0.5, 0.6) is 0 Å². The molecule has 2 N–H and O–H groups in total. The maximum Gasteiger partial charge on any atom is 0.317 e. The number of rotatable bonds is 7. The van der Waals surface area contributed by atoms with Crippen LogP contribution < -0.4 is 5.32 Å². The zero-order valence-corrected chi connectivity index (χ0v) is 12.0. The largest absolute Gasteiger partial charge is 0.481 e. The van der Waals surface area contributed by atoms with Gasteiger partial charge in [0.25, 0.3) is 0 Å². The molecule has 1 aromatic rings. The topological polar surface area (TPSA) is 95.7 Å². The number of carbonyl (C=O) groups is 2. The third-order valence-corrected chi connectivity index (χ3v) is 2.93. The molecular weight excluding hydrogens is 262 g/mol. The number of hydrogen-bond acceptors (Lipinski definition) is 4. The van der Waals surface area contributed by atoms with Gasteiger partial charge in [-0.15, -0.1) is 0 Å². The third kappa shape index (κ3) is 4.56. The van der Waals surface area contributed by atoms with E-state index in [0.29, 0.717) is 12.4 Å². The van der Waals surface area contributed by atoms with E-state index in [9.17, 15) is 9.59 Å². The summed E-state index contributed by atoms with van der Waals surface area (Å²) in [5.41, 5.74) is 0. The molecular formula is C13H21N3O4. The van der Waals surface area contributed by atoms with E-state index in [1.54, 1.807) is 20.0 Å². The minimum atomic E-state index is -0.920. The highest BCUT2D eigenvalue weighted by Gasteiger charge is 2.19. The van der Waals surface area contributed by atoms with Gasteiger partial charge < -0.3 is 19.7 Å². The number of aromatic nitrogens is 1. The van der Waals surface area contributed by atoms with Crippen LogP contribution in [0.1, 0.15) is 32.4 Å². The Labute approximate surface area is 118 Å². The molecule has 1 atom stereocenters. The summed E-state index contributed by atoms with van der Waals surface area (Å²) in [4.78, 5) is 28.2. The van der Waals surface area contributed by atoms with E-state index in [0.717, 1.165) is 12.2 Å². The first-order valence-electron chi connectivity index (χ1n) is 6.67. The first-order valence-corrected chi connectivity index (χ1v) is 6.67. The van der Waals surface area contributed by atoms with Crippen molar-refractivity contribution in [1.82, 2.24) is 15.2 Å². The van der Waals surface area contributed by atoms with E-state index in [1.165, 1.54) is 4.90 Å². The van der Waals surface area contributed by atoms with Crippen LogP contribution in [0.4, 0.5) is 4.79 Å². The molecule has 7 heteroatoms. The second-order valence-electron chi connectivity index (χ2n) is 4.51. The number of carboxylic acid groups (broad SMARTS) is 1. The van der Waals surface area contributed by atoms with Gasteiger partial charge in [0.2, 0.25) is 5.89 Å². The van der Waals surface area contributed by atoms with Crippen molar-refractivity contribution < 1.29 is 19.1 Å². The molecule has 1 aromatic heterocycles.